The molecule has 0 atom stereocenters. The second kappa shape index (κ2) is 13.2. The molecule has 0 heterocycles. The zero-order chi connectivity index (χ0) is 19.2. The standard InChI is InChI=1S/C22H32N2O2/c1-4-7-10-18-13-19(14-23-16-25)20(11-8-5-2)21(12-9-6-3)22(18)15-24-17-26/h13H,4-12,14-15H2,1-3H3. The number of rotatable bonds is 13. The van der Waals surface area contributed by atoms with Gasteiger partial charge >= 0.3 is 0 Å². The van der Waals surface area contributed by atoms with Crippen LogP contribution in [0.1, 0.15) is 87.1 Å². The van der Waals surface area contributed by atoms with E-state index >= 15 is 0 Å². The highest BCUT2D eigenvalue weighted by atomic mass is 16.1. The first-order chi connectivity index (χ1) is 12.7. The molecule has 0 aliphatic heterocycles. The summed E-state index contributed by atoms with van der Waals surface area (Å²) >= 11 is 0. The van der Waals surface area contributed by atoms with Crippen molar-refractivity contribution in [3.63, 3.8) is 0 Å². The highest BCUT2D eigenvalue weighted by molar-refractivity contribution is 5.48. The quantitative estimate of drug-likeness (QED) is 0.351. The summed E-state index contributed by atoms with van der Waals surface area (Å²) in [5.41, 5.74) is 6.20. The molecule has 4 nitrogen and oxygen atoms in total. The predicted octanol–water partition coefficient (Wildman–Crippen LogP) is 5.39. The number of unbranched alkanes of at least 4 members (excludes halogenated alkanes) is 3. The van der Waals surface area contributed by atoms with Crippen LogP contribution in [0, 0.1) is 0 Å². The lowest BCUT2D eigenvalue weighted by molar-refractivity contribution is 0.561. The summed E-state index contributed by atoms with van der Waals surface area (Å²) in [4.78, 5) is 29.2. The second-order valence-corrected chi connectivity index (χ2v) is 6.76. The van der Waals surface area contributed by atoms with Crippen molar-refractivity contribution >= 4 is 12.2 Å². The monoisotopic (exact) mass is 356 g/mol. The lowest BCUT2D eigenvalue weighted by atomic mass is 9.85. The second-order valence-electron chi connectivity index (χ2n) is 6.76. The largest absolute Gasteiger partial charge is 0.235 e. The fraction of sp³-hybridized carbons (Fsp3) is 0.636. The summed E-state index contributed by atoms with van der Waals surface area (Å²) in [6.07, 6.45) is 12.9. The van der Waals surface area contributed by atoms with Crippen LogP contribution in [0.5, 0.6) is 0 Å². The molecule has 0 radical (unpaired) electrons. The van der Waals surface area contributed by atoms with E-state index in [2.05, 4.69) is 36.8 Å². The van der Waals surface area contributed by atoms with Gasteiger partial charge in [0.25, 0.3) is 0 Å². The Balaban J connectivity index is 3.55. The van der Waals surface area contributed by atoms with Crippen LogP contribution in [-0.4, -0.2) is 12.2 Å². The normalized spacial score (nSPS) is 10.3. The SMILES string of the molecule is CCCCc1cc(CN=C=O)c(CCCC)c(CCCC)c1CN=C=O. The van der Waals surface area contributed by atoms with Gasteiger partial charge in [-0.15, -0.1) is 0 Å². The molecule has 0 aliphatic carbocycles. The first-order valence-electron chi connectivity index (χ1n) is 9.95. The van der Waals surface area contributed by atoms with Crippen LogP contribution < -0.4 is 0 Å². The van der Waals surface area contributed by atoms with Gasteiger partial charge in [0.15, 0.2) is 0 Å². The number of hydrogen-bond donors (Lipinski definition) is 0. The number of hydrogen-bond acceptors (Lipinski definition) is 4. The van der Waals surface area contributed by atoms with Gasteiger partial charge in [0.05, 0.1) is 13.1 Å². The van der Waals surface area contributed by atoms with Crippen molar-refractivity contribution in [2.75, 3.05) is 0 Å². The predicted molar refractivity (Wildman–Crippen MR) is 106 cm³/mol. The van der Waals surface area contributed by atoms with Crippen molar-refractivity contribution in [2.45, 2.75) is 91.6 Å². The number of isocyanates is 2. The minimum absolute atomic E-state index is 0.387. The smallest absolute Gasteiger partial charge is 0.211 e. The van der Waals surface area contributed by atoms with Crippen molar-refractivity contribution < 1.29 is 9.59 Å². The maximum absolute atomic E-state index is 10.7. The van der Waals surface area contributed by atoms with Gasteiger partial charge < -0.3 is 0 Å². The van der Waals surface area contributed by atoms with E-state index in [0.29, 0.717) is 13.1 Å². The minimum atomic E-state index is 0.387. The molecule has 0 aromatic heterocycles. The Morgan fingerprint density at radius 2 is 1.23 bits per heavy atom. The molecule has 0 amide bonds. The van der Waals surface area contributed by atoms with Gasteiger partial charge in [-0.3, -0.25) is 0 Å². The summed E-state index contributed by atoms with van der Waals surface area (Å²) < 4.78 is 0. The van der Waals surface area contributed by atoms with Crippen LogP contribution >= 0.6 is 0 Å². The number of nitrogens with zero attached hydrogens (tertiary/aromatic N) is 2. The Morgan fingerprint density at radius 1 is 0.692 bits per heavy atom. The molecule has 0 fully saturated rings. The topological polar surface area (TPSA) is 58.9 Å². The van der Waals surface area contributed by atoms with Gasteiger partial charge in [-0.25, -0.2) is 19.6 Å². The van der Waals surface area contributed by atoms with Crippen LogP contribution in [0.15, 0.2) is 16.1 Å². The lowest BCUT2D eigenvalue weighted by Gasteiger charge is -2.21. The molecule has 0 bridgehead atoms. The molecule has 0 aliphatic rings. The van der Waals surface area contributed by atoms with Crippen LogP contribution in [-0.2, 0) is 41.9 Å². The van der Waals surface area contributed by atoms with Gasteiger partial charge in [0.1, 0.15) is 0 Å². The van der Waals surface area contributed by atoms with Gasteiger partial charge in [-0.1, -0.05) is 46.1 Å². The van der Waals surface area contributed by atoms with Crippen LogP contribution in [0.3, 0.4) is 0 Å². The molecule has 1 aromatic rings. The van der Waals surface area contributed by atoms with Gasteiger partial charge in [0, 0.05) is 0 Å². The fourth-order valence-electron chi connectivity index (χ4n) is 3.43. The Kier molecular flexibility index (Phi) is 11.2. The molecule has 0 unspecified atom stereocenters. The van der Waals surface area contributed by atoms with Crippen molar-refractivity contribution in [1.29, 1.82) is 0 Å². The minimum Gasteiger partial charge on any atom is -0.211 e. The Hall–Kier alpha value is -2.02. The number of benzene rings is 1. The van der Waals surface area contributed by atoms with Crippen molar-refractivity contribution in [3.05, 3.63) is 33.9 Å². The third kappa shape index (κ3) is 6.71. The molecule has 142 valence electrons. The third-order valence-electron chi connectivity index (χ3n) is 4.83. The maximum atomic E-state index is 10.7. The van der Waals surface area contributed by atoms with Crippen molar-refractivity contribution in [1.82, 2.24) is 0 Å². The van der Waals surface area contributed by atoms with E-state index in [0.717, 1.165) is 63.4 Å². The molecule has 1 aromatic carbocycles. The molecule has 26 heavy (non-hydrogen) atoms. The van der Waals surface area contributed by atoms with E-state index in [1.54, 1.807) is 12.2 Å². The van der Waals surface area contributed by atoms with Crippen LogP contribution in [0.2, 0.25) is 0 Å². The van der Waals surface area contributed by atoms with E-state index in [-0.39, 0.29) is 0 Å². The van der Waals surface area contributed by atoms with E-state index < -0.39 is 0 Å². The summed E-state index contributed by atoms with van der Waals surface area (Å²) in [6.45, 7) is 7.33. The summed E-state index contributed by atoms with van der Waals surface area (Å²) in [5.74, 6) is 0. The molecule has 0 spiro atoms. The number of aryl methyl sites for hydroxylation is 1. The Bertz CT molecular complexity index is 655. The molecule has 0 saturated carbocycles. The number of aliphatic imine (C=N–C) groups is 2. The summed E-state index contributed by atoms with van der Waals surface area (Å²) in [6, 6.07) is 2.19. The maximum Gasteiger partial charge on any atom is 0.235 e. The molecule has 0 saturated heterocycles. The lowest BCUT2D eigenvalue weighted by Crippen LogP contribution is -2.09. The zero-order valence-corrected chi connectivity index (χ0v) is 16.6. The summed E-state index contributed by atoms with van der Waals surface area (Å²) in [5, 5.41) is 0. The van der Waals surface area contributed by atoms with Crippen LogP contribution in [0.25, 0.3) is 0 Å². The average molecular weight is 357 g/mol. The van der Waals surface area contributed by atoms with Gasteiger partial charge in [-0.2, -0.15) is 0 Å². The van der Waals surface area contributed by atoms with E-state index in [9.17, 15) is 9.59 Å². The Morgan fingerprint density at radius 3 is 1.81 bits per heavy atom. The molecular weight excluding hydrogens is 324 g/mol. The first kappa shape index (κ1) is 22.0. The third-order valence-corrected chi connectivity index (χ3v) is 4.83. The van der Waals surface area contributed by atoms with E-state index in [4.69, 9.17) is 0 Å². The van der Waals surface area contributed by atoms with Crippen molar-refractivity contribution in [2.24, 2.45) is 9.98 Å². The molecule has 0 N–H and O–H groups in total. The first-order valence-corrected chi connectivity index (χ1v) is 9.95. The molecular formula is C22H32N2O2. The van der Waals surface area contributed by atoms with Crippen LogP contribution in [0.4, 0.5) is 0 Å². The van der Waals surface area contributed by atoms with Crippen molar-refractivity contribution in [3.8, 4) is 0 Å². The average Bonchev–Trinajstić information content (AvgIpc) is 2.66. The van der Waals surface area contributed by atoms with E-state index in [1.165, 1.54) is 22.3 Å². The Labute approximate surface area is 157 Å². The fourth-order valence-corrected chi connectivity index (χ4v) is 3.43. The highest BCUT2D eigenvalue weighted by Gasteiger charge is 2.17. The summed E-state index contributed by atoms with van der Waals surface area (Å²) in [7, 11) is 0. The molecule has 4 heteroatoms. The van der Waals surface area contributed by atoms with Gasteiger partial charge in [0.2, 0.25) is 12.2 Å². The highest BCUT2D eigenvalue weighted by Crippen LogP contribution is 2.29. The molecule has 1 rings (SSSR count). The van der Waals surface area contributed by atoms with Gasteiger partial charge in [-0.05, 0) is 66.3 Å². The zero-order valence-electron chi connectivity index (χ0n) is 16.6. The number of carbonyl (C=O) groups excluding carboxylic acids is 2. The van der Waals surface area contributed by atoms with E-state index in [1.807, 2.05) is 0 Å².